The molecule has 0 radical (unpaired) electrons. The quantitative estimate of drug-likeness (QED) is 0.848. The number of nitrogens with zero attached hydrogens (tertiary/aromatic N) is 2. The monoisotopic (exact) mass is 338 g/mol. The van der Waals surface area contributed by atoms with Gasteiger partial charge in [0.1, 0.15) is 5.75 Å². The highest BCUT2D eigenvalue weighted by Crippen LogP contribution is 2.25. The molecule has 0 spiro atoms. The summed E-state index contributed by atoms with van der Waals surface area (Å²) < 4.78 is 21.3. The van der Waals surface area contributed by atoms with Gasteiger partial charge in [0.05, 0.1) is 19.2 Å². The van der Waals surface area contributed by atoms with E-state index in [0.717, 1.165) is 24.9 Å². The minimum absolute atomic E-state index is 0.000260. The molecule has 0 saturated carbocycles. The lowest BCUT2D eigenvalue weighted by Gasteiger charge is -2.32. The van der Waals surface area contributed by atoms with Crippen LogP contribution in [0.2, 0.25) is 0 Å². The summed E-state index contributed by atoms with van der Waals surface area (Å²) in [5.41, 5.74) is 1.67. The summed E-state index contributed by atoms with van der Waals surface area (Å²) in [4.78, 5) is 14.7. The molecule has 0 N–H and O–H groups in total. The molecule has 0 aromatic heterocycles. The third kappa shape index (κ3) is 4.96. The molecule has 1 saturated heterocycles. The van der Waals surface area contributed by atoms with Gasteiger partial charge in [0, 0.05) is 35.3 Å². The fourth-order valence-corrected chi connectivity index (χ4v) is 3.40. The molecule has 1 aliphatic heterocycles. The molecule has 2 rings (SSSR count). The number of hydrogen-bond donors (Lipinski definition) is 0. The van der Waals surface area contributed by atoms with E-state index in [4.69, 9.17) is 4.74 Å². The highest BCUT2D eigenvalue weighted by atomic mass is 32.2. The van der Waals surface area contributed by atoms with Gasteiger partial charge in [-0.05, 0) is 43.4 Å². The van der Waals surface area contributed by atoms with Crippen LogP contribution in [0.4, 0.5) is 0 Å². The number of carbonyl (C=O) groups excluding carboxylic acids is 1. The van der Waals surface area contributed by atoms with E-state index in [1.807, 2.05) is 30.0 Å². The zero-order valence-corrected chi connectivity index (χ0v) is 15.2. The van der Waals surface area contributed by atoms with Crippen LogP contribution in [0.15, 0.2) is 22.6 Å². The molecule has 0 bridgehead atoms. The predicted octanol–water partition coefficient (Wildman–Crippen LogP) is 2.58. The summed E-state index contributed by atoms with van der Waals surface area (Å²) in [6, 6.07) is 5.64. The first-order chi connectivity index (χ1) is 10.8. The van der Waals surface area contributed by atoms with Gasteiger partial charge < -0.3 is 9.64 Å². The Morgan fingerprint density at radius 3 is 2.83 bits per heavy atom. The molecule has 1 aliphatic rings. The van der Waals surface area contributed by atoms with Gasteiger partial charge in [0.25, 0.3) is 5.91 Å². The molecule has 1 aromatic carbocycles. The molecule has 5 nitrogen and oxygen atoms in total. The molecule has 1 unspecified atom stereocenters. The van der Waals surface area contributed by atoms with Crippen molar-refractivity contribution in [3.05, 3.63) is 29.3 Å². The Morgan fingerprint density at radius 1 is 1.43 bits per heavy atom. The van der Waals surface area contributed by atoms with Gasteiger partial charge in [-0.2, -0.15) is 0 Å². The van der Waals surface area contributed by atoms with Crippen LogP contribution in [0.5, 0.6) is 5.75 Å². The summed E-state index contributed by atoms with van der Waals surface area (Å²) in [6.45, 7) is 3.94. The van der Waals surface area contributed by atoms with Crippen LogP contribution < -0.4 is 4.74 Å². The normalized spacial score (nSPS) is 18.6. The lowest BCUT2D eigenvalue weighted by Crippen LogP contribution is -2.41. The van der Waals surface area contributed by atoms with E-state index >= 15 is 0 Å². The fraction of sp³-hybridized carbons (Fsp3) is 0.588. The Balaban J connectivity index is 2.12. The number of piperidine rings is 1. The number of hydrogen-bond acceptors (Lipinski definition) is 4. The fourth-order valence-electron chi connectivity index (χ4n) is 2.83. The maximum absolute atomic E-state index is 12.8. The lowest BCUT2D eigenvalue weighted by molar-refractivity contribution is 0.0675. The molecule has 23 heavy (non-hydrogen) atoms. The maximum Gasteiger partial charge on any atom is 0.257 e. The van der Waals surface area contributed by atoms with Crippen molar-refractivity contribution in [3.8, 4) is 5.75 Å². The Bertz CT molecular complexity index is 685. The largest absolute Gasteiger partial charge is 0.496 e. The minimum Gasteiger partial charge on any atom is -0.496 e. The first kappa shape index (κ1) is 17.8. The molecule has 128 valence electrons. The van der Waals surface area contributed by atoms with Crippen LogP contribution in [0.3, 0.4) is 0 Å². The van der Waals surface area contributed by atoms with E-state index in [2.05, 4.69) is 4.36 Å². The summed E-state index contributed by atoms with van der Waals surface area (Å²) in [5.74, 6) is 0.900. The number of likely N-dealkylation sites (tertiary alicyclic amines) is 1. The van der Waals surface area contributed by atoms with Crippen molar-refractivity contribution >= 4 is 15.6 Å². The maximum atomic E-state index is 12.8. The van der Waals surface area contributed by atoms with Crippen molar-refractivity contribution < 1.29 is 13.7 Å². The SMILES string of the molecule is COc1cc(C)ccc1C(=O)N1CCCC(CN=S(C)(C)=O)C1. The van der Waals surface area contributed by atoms with E-state index in [-0.39, 0.29) is 11.8 Å². The van der Waals surface area contributed by atoms with Gasteiger partial charge in [-0.25, -0.2) is 4.36 Å². The molecule has 1 amide bonds. The molecular formula is C17H26N2O3S. The van der Waals surface area contributed by atoms with Crippen molar-refractivity contribution in [1.82, 2.24) is 4.90 Å². The van der Waals surface area contributed by atoms with Crippen LogP contribution in [0.25, 0.3) is 0 Å². The lowest BCUT2D eigenvalue weighted by atomic mass is 9.97. The Hall–Kier alpha value is -1.56. The van der Waals surface area contributed by atoms with E-state index < -0.39 is 9.73 Å². The highest BCUT2D eigenvalue weighted by Gasteiger charge is 2.26. The number of amides is 1. The van der Waals surface area contributed by atoms with Crippen molar-refractivity contribution in [1.29, 1.82) is 0 Å². The number of aryl methyl sites for hydroxylation is 1. The highest BCUT2D eigenvalue weighted by molar-refractivity contribution is 7.92. The van der Waals surface area contributed by atoms with Crippen LogP contribution in [-0.2, 0) is 9.73 Å². The third-order valence-electron chi connectivity index (χ3n) is 4.04. The van der Waals surface area contributed by atoms with Crippen LogP contribution in [0, 0.1) is 12.8 Å². The summed E-state index contributed by atoms with van der Waals surface area (Å²) in [6.07, 6.45) is 5.27. The van der Waals surface area contributed by atoms with Gasteiger partial charge in [-0.15, -0.1) is 0 Å². The van der Waals surface area contributed by atoms with Gasteiger partial charge >= 0.3 is 0 Å². The Morgan fingerprint density at radius 2 is 2.17 bits per heavy atom. The first-order valence-electron chi connectivity index (χ1n) is 7.87. The van der Waals surface area contributed by atoms with Crippen LogP contribution in [-0.4, -0.2) is 54.3 Å². The van der Waals surface area contributed by atoms with Crippen molar-refractivity contribution in [2.75, 3.05) is 39.3 Å². The Labute approximate surface area is 139 Å². The molecule has 1 atom stereocenters. The number of benzene rings is 1. The third-order valence-corrected chi connectivity index (χ3v) is 4.81. The van der Waals surface area contributed by atoms with E-state index in [1.54, 1.807) is 19.6 Å². The molecule has 0 aliphatic carbocycles. The molecular weight excluding hydrogens is 312 g/mol. The van der Waals surface area contributed by atoms with Crippen LogP contribution in [0.1, 0.15) is 28.8 Å². The molecule has 1 aromatic rings. The molecule has 1 fully saturated rings. The topological polar surface area (TPSA) is 59.0 Å². The van der Waals surface area contributed by atoms with Crippen molar-refractivity contribution in [2.24, 2.45) is 10.3 Å². The summed E-state index contributed by atoms with van der Waals surface area (Å²) in [7, 11) is -0.491. The van der Waals surface area contributed by atoms with Gasteiger partial charge in [0.15, 0.2) is 0 Å². The molecule has 6 heteroatoms. The zero-order chi connectivity index (χ0) is 17.0. The number of ether oxygens (including phenoxy) is 1. The number of carbonyl (C=O) groups is 1. The average molecular weight is 338 g/mol. The van der Waals surface area contributed by atoms with Gasteiger partial charge in [-0.1, -0.05) is 6.07 Å². The standard InChI is InChI=1S/C17H26N2O3S/c1-13-7-8-15(16(10-13)22-2)17(20)19-9-5-6-14(12-19)11-18-23(3,4)21/h7-8,10,14H,5-6,9,11-12H2,1-4H3. The second-order valence-corrected chi connectivity index (χ2v) is 9.08. The van der Waals surface area contributed by atoms with Gasteiger partial charge in [0.2, 0.25) is 0 Å². The second-order valence-electron chi connectivity index (χ2n) is 6.46. The zero-order valence-electron chi connectivity index (χ0n) is 14.4. The minimum atomic E-state index is -2.08. The van der Waals surface area contributed by atoms with Crippen molar-refractivity contribution in [3.63, 3.8) is 0 Å². The Kier molecular flexibility index (Phi) is 5.68. The van der Waals surface area contributed by atoms with Crippen LogP contribution >= 0.6 is 0 Å². The smallest absolute Gasteiger partial charge is 0.257 e. The van der Waals surface area contributed by atoms with E-state index in [0.29, 0.717) is 24.4 Å². The summed E-state index contributed by atoms with van der Waals surface area (Å²) in [5, 5.41) is 0. The second kappa shape index (κ2) is 7.34. The van der Waals surface area contributed by atoms with E-state index in [9.17, 15) is 9.00 Å². The van der Waals surface area contributed by atoms with E-state index in [1.165, 1.54) is 0 Å². The number of rotatable bonds is 4. The molecule has 1 heterocycles. The first-order valence-corrected chi connectivity index (χ1v) is 10.2. The van der Waals surface area contributed by atoms with Crippen molar-refractivity contribution in [2.45, 2.75) is 19.8 Å². The van der Waals surface area contributed by atoms with Gasteiger partial charge in [-0.3, -0.25) is 9.00 Å². The average Bonchev–Trinajstić information content (AvgIpc) is 2.51. The summed E-state index contributed by atoms with van der Waals surface area (Å²) >= 11 is 0. The number of methoxy groups -OCH3 is 1. The predicted molar refractivity (Wildman–Crippen MR) is 93.6 cm³/mol.